The number of halogens is 1. The van der Waals surface area contributed by atoms with E-state index >= 15 is 0 Å². The maximum absolute atomic E-state index is 13.2. The number of nitrogens with two attached hydrogens (primary N) is 1. The van der Waals surface area contributed by atoms with Crippen molar-refractivity contribution in [1.29, 1.82) is 5.41 Å². The van der Waals surface area contributed by atoms with Gasteiger partial charge in [0.2, 0.25) is 0 Å². The quantitative estimate of drug-likeness (QED) is 0.116. The molecule has 0 fully saturated rings. The summed E-state index contributed by atoms with van der Waals surface area (Å²) in [5.41, 5.74) is 12.0. The van der Waals surface area contributed by atoms with E-state index in [1.54, 1.807) is 31.5 Å². The zero-order chi connectivity index (χ0) is 27.6. The minimum absolute atomic E-state index is 0. The molecule has 40 heavy (non-hydrogen) atoms. The molecule has 4 aromatic rings. The van der Waals surface area contributed by atoms with Crippen LogP contribution in [0.25, 0.3) is 0 Å². The predicted octanol–water partition coefficient (Wildman–Crippen LogP) is 5.67. The molecular weight excluding hydrogens is 524 g/mol. The van der Waals surface area contributed by atoms with Gasteiger partial charge in [0.05, 0.1) is 6.61 Å². The smallest absolute Gasteiger partial charge is 0.333 e. The van der Waals surface area contributed by atoms with Crippen LogP contribution in [0.5, 0.6) is 0 Å². The van der Waals surface area contributed by atoms with E-state index in [9.17, 15) is 4.79 Å². The van der Waals surface area contributed by atoms with Crippen molar-refractivity contribution in [3.05, 3.63) is 119 Å². The first-order chi connectivity index (χ1) is 19.0. The van der Waals surface area contributed by atoms with Crippen LogP contribution in [0.2, 0.25) is 0 Å². The fourth-order valence-electron chi connectivity index (χ4n) is 4.33. The molecular formula is C31H35ClN6O2. The Labute approximate surface area is 241 Å². The lowest BCUT2D eigenvalue weighted by Crippen LogP contribution is -2.26. The highest BCUT2D eigenvalue weighted by Gasteiger charge is 2.24. The van der Waals surface area contributed by atoms with Crippen molar-refractivity contribution in [3.8, 4) is 0 Å². The minimum atomic E-state index is -0.725. The third kappa shape index (κ3) is 8.04. The number of nitrogens with one attached hydrogen (secondary N) is 2. The second kappa shape index (κ2) is 14.6. The molecule has 0 radical (unpaired) electrons. The summed E-state index contributed by atoms with van der Waals surface area (Å²) < 4.78 is 5.47. The first kappa shape index (κ1) is 30.1. The summed E-state index contributed by atoms with van der Waals surface area (Å²) in [6, 6.07) is 20.6. The Balaban J connectivity index is 0.00000441. The van der Waals surface area contributed by atoms with Gasteiger partial charge < -0.3 is 20.7 Å². The highest BCUT2D eigenvalue weighted by Crippen LogP contribution is 2.29. The molecule has 1 unspecified atom stereocenters. The topological polar surface area (TPSA) is 117 Å². The number of carbonyl (C=O) groups is 1. The lowest BCUT2D eigenvalue weighted by atomic mass is 10.00. The number of hydrogen-bond acceptors (Lipinski definition) is 7. The molecule has 0 saturated heterocycles. The largest absolute Gasteiger partial charge is 0.464 e. The molecule has 4 N–H and O–H groups in total. The summed E-state index contributed by atoms with van der Waals surface area (Å²) >= 11 is 0. The van der Waals surface area contributed by atoms with Crippen LogP contribution in [-0.2, 0) is 29.0 Å². The number of pyridine rings is 2. The van der Waals surface area contributed by atoms with E-state index in [2.05, 4.69) is 45.3 Å². The third-order valence-corrected chi connectivity index (χ3v) is 6.33. The van der Waals surface area contributed by atoms with Gasteiger partial charge in [-0.2, -0.15) is 0 Å². The van der Waals surface area contributed by atoms with E-state index < -0.39 is 6.04 Å². The first-order valence-electron chi connectivity index (χ1n) is 13.0. The molecule has 9 heteroatoms. The summed E-state index contributed by atoms with van der Waals surface area (Å²) in [7, 11) is 0. The standard InChI is InChI=1S/C31H34N6O2.ClH/c1-3-22-15-26(29(31(38)39-4-2)36-27-11-9-25(10-12-27)30(32)33)17-28(16-22)37(20-23-7-5-13-34-18-23)21-24-8-6-14-35-19-24;/h5-19,29,36H,3-4,20-21H2,1-2H3,(H3,32,33);1H. The Morgan fingerprint density at radius 2 is 1.57 bits per heavy atom. The van der Waals surface area contributed by atoms with E-state index in [0.29, 0.717) is 18.7 Å². The second-order valence-corrected chi connectivity index (χ2v) is 9.19. The Hall–Kier alpha value is -4.43. The molecule has 2 heterocycles. The van der Waals surface area contributed by atoms with Crippen LogP contribution in [-0.4, -0.2) is 28.4 Å². The van der Waals surface area contributed by atoms with Crippen molar-refractivity contribution >= 4 is 35.6 Å². The number of esters is 1. The zero-order valence-corrected chi connectivity index (χ0v) is 23.5. The van der Waals surface area contributed by atoms with E-state index in [0.717, 1.165) is 40.0 Å². The van der Waals surface area contributed by atoms with Gasteiger partial charge in [-0.15, -0.1) is 12.4 Å². The fraction of sp³-hybridized carbons (Fsp3) is 0.226. The maximum Gasteiger partial charge on any atom is 0.333 e. The maximum atomic E-state index is 13.2. The summed E-state index contributed by atoms with van der Waals surface area (Å²) in [5.74, 6) is -0.371. The molecule has 208 valence electrons. The van der Waals surface area contributed by atoms with Gasteiger partial charge in [0, 0.05) is 54.8 Å². The average molecular weight is 559 g/mol. The Morgan fingerprint density at radius 1 is 0.950 bits per heavy atom. The molecule has 1 atom stereocenters. The first-order valence-corrected chi connectivity index (χ1v) is 13.0. The number of anilines is 2. The number of carbonyl (C=O) groups excluding carboxylic acids is 1. The number of hydrogen-bond donors (Lipinski definition) is 3. The molecule has 2 aromatic heterocycles. The average Bonchev–Trinajstić information content (AvgIpc) is 2.96. The van der Waals surface area contributed by atoms with E-state index in [1.807, 2.05) is 48.8 Å². The Morgan fingerprint density at radius 3 is 2.08 bits per heavy atom. The van der Waals surface area contributed by atoms with Gasteiger partial charge in [0.25, 0.3) is 0 Å². The highest BCUT2D eigenvalue weighted by atomic mass is 35.5. The second-order valence-electron chi connectivity index (χ2n) is 9.19. The zero-order valence-electron chi connectivity index (χ0n) is 22.7. The van der Waals surface area contributed by atoms with E-state index in [4.69, 9.17) is 15.9 Å². The van der Waals surface area contributed by atoms with Gasteiger partial charge in [-0.3, -0.25) is 15.4 Å². The molecule has 0 aliphatic rings. The van der Waals surface area contributed by atoms with Crippen LogP contribution in [0.3, 0.4) is 0 Å². The number of amidine groups is 1. The summed E-state index contributed by atoms with van der Waals surface area (Å²) in [5, 5.41) is 11.0. The summed E-state index contributed by atoms with van der Waals surface area (Å²) in [6.07, 6.45) is 8.08. The van der Waals surface area contributed by atoms with Crippen LogP contribution in [0.1, 0.15) is 47.7 Å². The molecule has 0 aliphatic carbocycles. The number of aryl methyl sites for hydroxylation is 1. The monoisotopic (exact) mass is 558 g/mol. The van der Waals surface area contributed by atoms with Crippen LogP contribution >= 0.6 is 12.4 Å². The van der Waals surface area contributed by atoms with Crippen molar-refractivity contribution < 1.29 is 9.53 Å². The molecule has 2 aromatic carbocycles. The van der Waals surface area contributed by atoms with Crippen molar-refractivity contribution in [2.45, 2.75) is 39.4 Å². The van der Waals surface area contributed by atoms with Crippen LogP contribution in [0.15, 0.2) is 91.5 Å². The van der Waals surface area contributed by atoms with Crippen molar-refractivity contribution in [2.75, 3.05) is 16.8 Å². The van der Waals surface area contributed by atoms with Gasteiger partial charge in [0.15, 0.2) is 6.04 Å². The lowest BCUT2D eigenvalue weighted by molar-refractivity contribution is -0.144. The Kier molecular flexibility index (Phi) is 11.0. The van der Waals surface area contributed by atoms with Gasteiger partial charge in [-0.25, -0.2) is 4.79 Å². The fourth-order valence-corrected chi connectivity index (χ4v) is 4.33. The van der Waals surface area contributed by atoms with E-state index in [-0.39, 0.29) is 30.8 Å². The number of rotatable bonds is 12. The molecule has 8 nitrogen and oxygen atoms in total. The number of benzene rings is 2. The normalized spacial score (nSPS) is 11.2. The lowest BCUT2D eigenvalue weighted by Gasteiger charge is -2.28. The highest BCUT2D eigenvalue weighted by molar-refractivity contribution is 5.95. The molecule has 0 bridgehead atoms. The van der Waals surface area contributed by atoms with Gasteiger partial charge in [0.1, 0.15) is 5.84 Å². The minimum Gasteiger partial charge on any atom is -0.464 e. The number of aromatic nitrogens is 2. The third-order valence-electron chi connectivity index (χ3n) is 6.33. The molecule has 0 spiro atoms. The summed E-state index contributed by atoms with van der Waals surface area (Å²) in [6.45, 7) is 5.45. The van der Waals surface area contributed by atoms with Crippen LogP contribution < -0.4 is 16.0 Å². The number of ether oxygens (including phenoxy) is 1. The predicted molar refractivity (Wildman–Crippen MR) is 162 cm³/mol. The van der Waals surface area contributed by atoms with E-state index in [1.165, 1.54) is 0 Å². The Bertz CT molecular complexity index is 1340. The van der Waals surface area contributed by atoms with Gasteiger partial charge in [-0.05, 0) is 84.1 Å². The molecule has 4 rings (SSSR count). The van der Waals surface area contributed by atoms with Crippen molar-refractivity contribution in [3.63, 3.8) is 0 Å². The molecule has 0 saturated carbocycles. The van der Waals surface area contributed by atoms with Gasteiger partial charge in [-0.1, -0.05) is 25.1 Å². The van der Waals surface area contributed by atoms with Crippen molar-refractivity contribution in [1.82, 2.24) is 9.97 Å². The SMILES string of the molecule is CCOC(=O)C(Nc1ccc(C(=N)N)cc1)c1cc(CC)cc(N(Cc2cccnc2)Cc2cccnc2)c1.Cl. The molecule has 0 amide bonds. The number of nitrogen functional groups attached to an aromatic ring is 1. The van der Waals surface area contributed by atoms with Gasteiger partial charge >= 0.3 is 5.97 Å². The number of nitrogens with zero attached hydrogens (tertiary/aromatic N) is 3. The van der Waals surface area contributed by atoms with Crippen LogP contribution in [0, 0.1) is 5.41 Å². The van der Waals surface area contributed by atoms with Crippen LogP contribution in [0.4, 0.5) is 11.4 Å². The summed E-state index contributed by atoms with van der Waals surface area (Å²) in [4.78, 5) is 24.1. The molecule has 0 aliphatic heterocycles. The van der Waals surface area contributed by atoms with Crippen molar-refractivity contribution in [2.24, 2.45) is 5.73 Å².